The molecular formula is C19H29IN4O2S. The lowest BCUT2D eigenvalue weighted by atomic mass is 10.3. The van der Waals surface area contributed by atoms with Crippen LogP contribution in [0, 0.1) is 13.8 Å². The number of hydrogen-bond acceptors (Lipinski definition) is 5. The number of para-hydroxylation sites is 2. The molecule has 1 unspecified atom stereocenters. The molecule has 0 bridgehead atoms. The maximum Gasteiger partial charge on any atom is 0.191 e. The molecular weight excluding hydrogens is 475 g/mol. The van der Waals surface area contributed by atoms with Crippen LogP contribution >= 0.6 is 35.3 Å². The normalized spacial score (nSPS) is 12.1. The van der Waals surface area contributed by atoms with E-state index in [0.717, 1.165) is 34.7 Å². The lowest BCUT2D eigenvalue weighted by molar-refractivity contribution is 0.213. The molecule has 0 aliphatic rings. The summed E-state index contributed by atoms with van der Waals surface area (Å²) in [4.78, 5) is 10.3. The molecule has 1 aromatic heterocycles. The van der Waals surface area contributed by atoms with Crippen molar-refractivity contribution >= 4 is 41.3 Å². The van der Waals surface area contributed by atoms with Crippen LogP contribution in [0.3, 0.4) is 0 Å². The maximum atomic E-state index is 5.97. The van der Waals surface area contributed by atoms with Gasteiger partial charge in [0, 0.05) is 11.4 Å². The van der Waals surface area contributed by atoms with Crippen molar-refractivity contribution in [1.29, 1.82) is 0 Å². The third-order valence-electron chi connectivity index (χ3n) is 3.68. The number of nitrogens with one attached hydrogen (secondary N) is 2. The minimum absolute atomic E-state index is 0. The van der Waals surface area contributed by atoms with Gasteiger partial charge < -0.3 is 20.1 Å². The fourth-order valence-corrected chi connectivity index (χ4v) is 3.29. The van der Waals surface area contributed by atoms with Crippen LogP contribution in [0.25, 0.3) is 0 Å². The van der Waals surface area contributed by atoms with E-state index < -0.39 is 0 Å². The Morgan fingerprint density at radius 1 is 1.22 bits per heavy atom. The fraction of sp³-hybridized carbons (Fsp3) is 0.474. The number of guanidine groups is 1. The van der Waals surface area contributed by atoms with E-state index >= 15 is 0 Å². The van der Waals surface area contributed by atoms with Crippen LogP contribution in [0.4, 0.5) is 0 Å². The molecule has 0 aliphatic heterocycles. The Bertz CT molecular complexity index is 736. The molecule has 2 aromatic rings. The van der Waals surface area contributed by atoms with Gasteiger partial charge in [-0.25, -0.2) is 9.98 Å². The quantitative estimate of drug-likeness (QED) is 0.324. The highest BCUT2D eigenvalue weighted by atomic mass is 127. The Morgan fingerprint density at radius 2 is 1.93 bits per heavy atom. The largest absolute Gasteiger partial charge is 0.493 e. The standard InChI is InChI=1S/C19H28N4O2S.HI/c1-6-20-19(22-12-18-14(3)23-15(4)26-18)21-11-13(2)25-17-10-8-7-9-16(17)24-5;/h7-10,13H,6,11-12H2,1-5H3,(H2,20,21,22);1H. The highest BCUT2D eigenvalue weighted by molar-refractivity contribution is 14.0. The molecule has 2 rings (SSSR count). The predicted molar refractivity (Wildman–Crippen MR) is 123 cm³/mol. The van der Waals surface area contributed by atoms with Gasteiger partial charge in [0.1, 0.15) is 6.10 Å². The van der Waals surface area contributed by atoms with Crippen molar-refractivity contribution in [1.82, 2.24) is 15.6 Å². The van der Waals surface area contributed by atoms with Gasteiger partial charge in [0.2, 0.25) is 0 Å². The summed E-state index contributed by atoms with van der Waals surface area (Å²) in [6, 6.07) is 7.65. The summed E-state index contributed by atoms with van der Waals surface area (Å²) in [6.45, 7) is 10.2. The number of thiazole rings is 1. The van der Waals surface area contributed by atoms with Crippen LogP contribution in [0.1, 0.15) is 29.4 Å². The number of benzene rings is 1. The molecule has 0 amide bonds. The molecule has 27 heavy (non-hydrogen) atoms. The minimum atomic E-state index is -0.0393. The number of aryl methyl sites for hydroxylation is 2. The first-order valence-corrected chi connectivity index (χ1v) is 9.59. The van der Waals surface area contributed by atoms with Gasteiger partial charge in [-0.2, -0.15) is 0 Å². The van der Waals surface area contributed by atoms with E-state index in [-0.39, 0.29) is 30.1 Å². The maximum absolute atomic E-state index is 5.97. The number of aromatic nitrogens is 1. The average Bonchev–Trinajstić information content (AvgIpc) is 2.95. The van der Waals surface area contributed by atoms with Crippen molar-refractivity contribution < 1.29 is 9.47 Å². The first-order valence-electron chi connectivity index (χ1n) is 8.78. The van der Waals surface area contributed by atoms with E-state index in [1.54, 1.807) is 18.4 Å². The van der Waals surface area contributed by atoms with Crippen LogP contribution < -0.4 is 20.1 Å². The number of methoxy groups -OCH3 is 1. The van der Waals surface area contributed by atoms with Gasteiger partial charge in [-0.15, -0.1) is 35.3 Å². The number of ether oxygens (including phenoxy) is 2. The molecule has 0 saturated carbocycles. The molecule has 0 fully saturated rings. The number of aliphatic imine (C=N–C) groups is 1. The third-order valence-corrected chi connectivity index (χ3v) is 4.74. The third kappa shape index (κ3) is 7.53. The Kier molecular flexibility index (Phi) is 10.5. The van der Waals surface area contributed by atoms with E-state index in [9.17, 15) is 0 Å². The van der Waals surface area contributed by atoms with Crippen molar-refractivity contribution in [3.8, 4) is 11.5 Å². The number of rotatable bonds is 8. The van der Waals surface area contributed by atoms with Crippen molar-refractivity contribution in [2.24, 2.45) is 4.99 Å². The van der Waals surface area contributed by atoms with Crippen LogP contribution in [-0.4, -0.2) is 37.2 Å². The Balaban J connectivity index is 0.00000364. The molecule has 0 aliphatic carbocycles. The van der Waals surface area contributed by atoms with E-state index in [2.05, 4.69) is 20.6 Å². The number of nitrogens with zero attached hydrogens (tertiary/aromatic N) is 2. The van der Waals surface area contributed by atoms with Crippen LogP contribution in [0.5, 0.6) is 11.5 Å². The summed E-state index contributed by atoms with van der Waals surface area (Å²) in [5.74, 6) is 2.24. The Hall–Kier alpha value is -1.55. The SMILES string of the molecule is CCNC(=NCc1sc(C)nc1C)NCC(C)Oc1ccccc1OC.I. The van der Waals surface area contributed by atoms with Gasteiger partial charge >= 0.3 is 0 Å². The van der Waals surface area contributed by atoms with Gasteiger partial charge in [0.15, 0.2) is 17.5 Å². The highest BCUT2D eigenvalue weighted by Gasteiger charge is 2.10. The van der Waals surface area contributed by atoms with E-state index in [4.69, 9.17) is 9.47 Å². The van der Waals surface area contributed by atoms with Gasteiger partial charge in [-0.05, 0) is 39.8 Å². The van der Waals surface area contributed by atoms with E-state index in [1.165, 1.54) is 4.88 Å². The molecule has 0 radical (unpaired) electrons. The van der Waals surface area contributed by atoms with Crippen LogP contribution in [0.2, 0.25) is 0 Å². The molecule has 6 nitrogen and oxygen atoms in total. The Morgan fingerprint density at radius 3 is 2.52 bits per heavy atom. The van der Waals surface area contributed by atoms with E-state index in [1.807, 2.05) is 52.0 Å². The van der Waals surface area contributed by atoms with Crippen molar-refractivity contribution in [2.75, 3.05) is 20.2 Å². The zero-order chi connectivity index (χ0) is 18.9. The first kappa shape index (κ1) is 23.5. The smallest absolute Gasteiger partial charge is 0.191 e. The van der Waals surface area contributed by atoms with Gasteiger partial charge in [0.25, 0.3) is 0 Å². The summed E-state index contributed by atoms with van der Waals surface area (Å²) in [5, 5.41) is 7.67. The second-order valence-electron chi connectivity index (χ2n) is 5.90. The molecule has 2 N–H and O–H groups in total. The lowest BCUT2D eigenvalue weighted by Crippen LogP contribution is -2.41. The lowest BCUT2D eigenvalue weighted by Gasteiger charge is -2.19. The van der Waals surface area contributed by atoms with Crippen LogP contribution in [-0.2, 0) is 6.54 Å². The second kappa shape index (κ2) is 12.0. The van der Waals surface area contributed by atoms with Crippen molar-refractivity contribution in [3.63, 3.8) is 0 Å². The molecule has 0 spiro atoms. The molecule has 1 aromatic carbocycles. The second-order valence-corrected chi connectivity index (χ2v) is 7.18. The summed E-state index contributed by atoms with van der Waals surface area (Å²) in [6.07, 6.45) is -0.0393. The monoisotopic (exact) mass is 504 g/mol. The molecule has 8 heteroatoms. The summed E-state index contributed by atoms with van der Waals surface area (Å²) in [5.41, 5.74) is 1.06. The first-order chi connectivity index (χ1) is 12.5. The Labute approximate surface area is 182 Å². The zero-order valence-electron chi connectivity index (χ0n) is 16.5. The summed E-state index contributed by atoms with van der Waals surface area (Å²) in [7, 11) is 1.64. The summed E-state index contributed by atoms with van der Waals surface area (Å²) < 4.78 is 11.3. The summed E-state index contributed by atoms with van der Waals surface area (Å²) >= 11 is 1.69. The predicted octanol–water partition coefficient (Wildman–Crippen LogP) is 3.91. The minimum Gasteiger partial charge on any atom is -0.493 e. The van der Waals surface area contributed by atoms with Gasteiger partial charge in [-0.3, -0.25) is 0 Å². The molecule has 150 valence electrons. The number of hydrogen-bond donors (Lipinski definition) is 2. The zero-order valence-corrected chi connectivity index (χ0v) is 19.7. The topological polar surface area (TPSA) is 67.8 Å². The van der Waals surface area contributed by atoms with Gasteiger partial charge in [0.05, 0.1) is 30.9 Å². The van der Waals surface area contributed by atoms with Crippen molar-refractivity contribution in [2.45, 2.75) is 40.3 Å². The number of halogens is 1. The van der Waals surface area contributed by atoms with Crippen LogP contribution in [0.15, 0.2) is 29.3 Å². The fourth-order valence-electron chi connectivity index (χ4n) is 2.43. The molecule has 1 heterocycles. The molecule has 0 saturated heterocycles. The van der Waals surface area contributed by atoms with Crippen molar-refractivity contribution in [3.05, 3.63) is 39.8 Å². The van der Waals surface area contributed by atoms with Gasteiger partial charge in [-0.1, -0.05) is 12.1 Å². The highest BCUT2D eigenvalue weighted by Crippen LogP contribution is 2.26. The average molecular weight is 504 g/mol. The molecule has 1 atom stereocenters. The van der Waals surface area contributed by atoms with E-state index in [0.29, 0.717) is 13.1 Å².